The first-order valence-electron chi connectivity index (χ1n) is 15.0. The van der Waals surface area contributed by atoms with Gasteiger partial charge in [-0.25, -0.2) is 18.4 Å². The molecule has 218 valence electrons. The summed E-state index contributed by atoms with van der Waals surface area (Å²) >= 11 is 0. The van der Waals surface area contributed by atoms with E-state index in [-0.39, 0.29) is 4.90 Å². The Hall–Kier alpha value is -5.85. The Kier molecular flexibility index (Phi) is 5.82. The fraction of sp³-hybridized carbons (Fsp3) is 0. The van der Waals surface area contributed by atoms with Gasteiger partial charge >= 0.3 is 0 Å². The van der Waals surface area contributed by atoms with Crippen molar-refractivity contribution in [2.45, 2.75) is 9.79 Å². The number of hydrogen-bond donors (Lipinski definition) is 0. The first-order chi connectivity index (χ1) is 22.5. The maximum atomic E-state index is 14.0. The standard InChI is InChI=1S/C40H24N2O3S/c43-46(44)37-17-9-15-31(39(37)32-21-18-27(23-38(32)46)25-10-3-1-4-11-25)34-24-33(26-12-5-2-6-13-26)41-40(42-34)28-19-20-30-29-14-7-8-16-35(29)45-36(30)22-28/h1-24H. The second kappa shape index (κ2) is 10.1. The smallest absolute Gasteiger partial charge is 0.207 e. The molecular formula is C40H24N2O3S. The molecule has 3 heterocycles. The molecule has 0 atom stereocenters. The lowest BCUT2D eigenvalue weighted by Gasteiger charge is -2.12. The third-order valence-electron chi connectivity index (χ3n) is 8.67. The number of sulfone groups is 1. The van der Waals surface area contributed by atoms with Gasteiger partial charge in [-0.1, -0.05) is 109 Å². The zero-order chi connectivity index (χ0) is 30.8. The normalized spacial score (nSPS) is 13.1. The molecule has 0 N–H and O–H groups in total. The number of rotatable bonds is 4. The van der Waals surface area contributed by atoms with E-state index in [1.165, 1.54) is 0 Å². The molecule has 9 rings (SSSR count). The highest BCUT2D eigenvalue weighted by molar-refractivity contribution is 7.92. The van der Waals surface area contributed by atoms with Gasteiger partial charge in [0.25, 0.3) is 0 Å². The highest BCUT2D eigenvalue weighted by atomic mass is 32.2. The molecule has 0 fully saturated rings. The predicted molar refractivity (Wildman–Crippen MR) is 182 cm³/mol. The summed E-state index contributed by atoms with van der Waals surface area (Å²) in [6.45, 7) is 0. The number of aromatic nitrogens is 2. The number of fused-ring (bicyclic) bond motifs is 6. The van der Waals surface area contributed by atoms with Gasteiger partial charge in [0.2, 0.25) is 9.84 Å². The largest absolute Gasteiger partial charge is 0.456 e. The predicted octanol–water partition coefficient (Wildman–Crippen LogP) is 9.86. The van der Waals surface area contributed by atoms with Gasteiger partial charge < -0.3 is 4.42 Å². The van der Waals surface area contributed by atoms with Gasteiger partial charge in [-0.3, -0.25) is 0 Å². The van der Waals surface area contributed by atoms with Gasteiger partial charge in [0.15, 0.2) is 5.82 Å². The van der Waals surface area contributed by atoms with Crippen LogP contribution in [0.25, 0.3) is 78.1 Å². The van der Waals surface area contributed by atoms with E-state index in [0.29, 0.717) is 27.5 Å². The molecule has 0 bridgehead atoms. The Morgan fingerprint density at radius 1 is 0.457 bits per heavy atom. The van der Waals surface area contributed by atoms with Crippen molar-refractivity contribution in [3.8, 4) is 56.2 Å². The van der Waals surface area contributed by atoms with Gasteiger partial charge in [-0.15, -0.1) is 0 Å². The van der Waals surface area contributed by atoms with Crippen molar-refractivity contribution in [2.75, 3.05) is 0 Å². The molecular weight excluding hydrogens is 589 g/mol. The van der Waals surface area contributed by atoms with E-state index in [1.807, 2.05) is 121 Å². The number of nitrogens with zero attached hydrogens (tertiary/aromatic N) is 2. The maximum absolute atomic E-state index is 14.0. The second-order valence-corrected chi connectivity index (χ2v) is 13.3. The van der Waals surface area contributed by atoms with Gasteiger partial charge in [-0.2, -0.15) is 0 Å². The number of benzene rings is 6. The molecule has 1 aliphatic heterocycles. The summed E-state index contributed by atoms with van der Waals surface area (Å²) in [6, 6.07) is 46.8. The minimum atomic E-state index is -3.74. The van der Waals surface area contributed by atoms with Crippen LogP contribution in [0.2, 0.25) is 0 Å². The molecule has 0 saturated heterocycles. The lowest BCUT2D eigenvalue weighted by atomic mass is 9.95. The molecule has 0 amide bonds. The van der Waals surface area contributed by atoms with E-state index in [4.69, 9.17) is 14.4 Å². The highest BCUT2D eigenvalue weighted by Gasteiger charge is 2.35. The minimum absolute atomic E-state index is 0.287. The molecule has 0 aliphatic carbocycles. The number of furan rings is 1. The van der Waals surface area contributed by atoms with Crippen molar-refractivity contribution in [1.29, 1.82) is 0 Å². The van der Waals surface area contributed by atoms with E-state index >= 15 is 0 Å². The molecule has 6 heteroatoms. The Labute approximate surface area is 265 Å². The average Bonchev–Trinajstić information content (AvgIpc) is 3.60. The van der Waals surface area contributed by atoms with E-state index in [9.17, 15) is 8.42 Å². The van der Waals surface area contributed by atoms with Crippen molar-refractivity contribution in [3.63, 3.8) is 0 Å². The second-order valence-electron chi connectivity index (χ2n) is 11.4. The molecule has 0 saturated carbocycles. The minimum Gasteiger partial charge on any atom is -0.456 e. The zero-order valence-corrected chi connectivity index (χ0v) is 25.2. The van der Waals surface area contributed by atoms with Crippen LogP contribution < -0.4 is 0 Å². The van der Waals surface area contributed by atoms with Crippen LogP contribution in [0.3, 0.4) is 0 Å². The Bertz CT molecular complexity index is 2590. The summed E-state index contributed by atoms with van der Waals surface area (Å²) < 4.78 is 34.1. The molecule has 6 aromatic carbocycles. The van der Waals surface area contributed by atoms with Crippen LogP contribution >= 0.6 is 0 Å². The lowest BCUT2D eigenvalue weighted by Crippen LogP contribution is -1.98. The van der Waals surface area contributed by atoms with Gasteiger partial charge in [0, 0.05) is 38.6 Å². The van der Waals surface area contributed by atoms with Crippen molar-refractivity contribution in [3.05, 3.63) is 146 Å². The summed E-state index contributed by atoms with van der Waals surface area (Å²) in [5.74, 6) is 0.525. The highest BCUT2D eigenvalue weighted by Crippen LogP contribution is 2.49. The first kappa shape index (κ1) is 26.5. The summed E-state index contributed by atoms with van der Waals surface area (Å²) in [6.07, 6.45) is 0. The van der Waals surface area contributed by atoms with Crippen molar-refractivity contribution in [2.24, 2.45) is 0 Å². The molecule has 2 aromatic heterocycles. The quantitative estimate of drug-likeness (QED) is 0.198. The maximum Gasteiger partial charge on any atom is 0.207 e. The van der Waals surface area contributed by atoms with Crippen molar-refractivity contribution >= 4 is 31.8 Å². The summed E-state index contributed by atoms with van der Waals surface area (Å²) in [4.78, 5) is 10.7. The number of para-hydroxylation sites is 1. The summed E-state index contributed by atoms with van der Waals surface area (Å²) in [5.41, 5.74) is 8.59. The fourth-order valence-electron chi connectivity index (χ4n) is 6.46. The van der Waals surface area contributed by atoms with E-state index in [1.54, 1.807) is 18.2 Å². The van der Waals surface area contributed by atoms with Crippen LogP contribution in [0.15, 0.2) is 160 Å². The molecule has 1 aliphatic rings. The Morgan fingerprint density at radius 2 is 1.15 bits per heavy atom. The number of hydrogen-bond acceptors (Lipinski definition) is 5. The SMILES string of the molecule is O=S1(=O)c2cc(-c3ccccc3)ccc2-c2c(-c3cc(-c4ccccc4)nc(-c4ccc5c(c4)oc4ccccc45)n3)cccc21. The average molecular weight is 613 g/mol. The monoisotopic (exact) mass is 612 g/mol. The van der Waals surface area contributed by atoms with Crippen LogP contribution in [0.1, 0.15) is 0 Å². The van der Waals surface area contributed by atoms with Crippen molar-refractivity contribution < 1.29 is 12.8 Å². The fourth-order valence-corrected chi connectivity index (χ4v) is 8.19. The summed E-state index contributed by atoms with van der Waals surface area (Å²) in [7, 11) is -3.74. The van der Waals surface area contributed by atoms with Crippen LogP contribution in [0, 0.1) is 0 Å². The van der Waals surface area contributed by atoms with Crippen LogP contribution in [0.4, 0.5) is 0 Å². The van der Waals surface area contributed by atoms with E-state index in [2.05, 4.69) is 6.07 Å². The topological polar surface area (TPSA) is 73.1 Å². The molecule has 8 aromatic rings. The van der Waals surface area contributed by atoms with Gasteiger partial charge in [0.05, 0.1) is 21.2 Å². The molecule has 0 unspecified atom stereocenters. The third-order valence-corrected chi connectivity index (χ3v) is 10.5. The van der Waals surface area contributed by atoms with Gasteiger partial charge in [-0.05, 0) is 47.5 Å². The zero-order valence-electron chi connectivity index (χ0n) is 24.4. The van der Waals surface area contributed by atoms with Crippen LogP contribution in [-0.4, -0.2) is 18.4 Å². The Balaban J connectivity index is 1.25. The van der Waals surface area contributed by atoms with E-state index in [0.717, 1.165) is 55.4 Å². The van der Waals surface area contributed by atoms with E-state index < -0.39 is 9.84 Å². The third kappa shape index (κ3) is 4.11. The molecule has 46 heavy (non-hydrogen) atoms. The first-order valence-corrected chi connectivity index (χ1v) is 16.5. The van der Waals surface area contributed by atoms with Gasteiger partial charge in [0.1, 0.15) is 11.2 Å². The molecule has 5 nitrogen and oxygen atoms in total. The Morgan fingerprint density at radius 3 is 1.98 bits per heavy atom. The van der Waals surface area contributed by atoms with Crippen LogP contribution in [0.5, 0.6) is 0 Å². The van der Waals surface area contributed by atoms with Crippen molar-refractivity contribution in [1.82, 2.24) is 9.97 Å². The molecule has 0 radical (unpaired) electrons. The molecule has 0 spiro atoms. The lowest BCUT2D eigenvalue weighted by molar-refractivity contribution is 0.598. The summed E-state index contributed by atoms with van der Waals surface area (Å²) in [5, 5.41) is 2.08. The van der Waals surface area contributed by atoms with Crippen LogP contribution in [-0.2, 0) is 9.84 Å².